The number of rotatable bonds is 6. The fourth-order valence-electron chi connectivity index (χ4n) is 1.51. The van der Waals surface area contributed by atoms with Crippen LogP contribution in [0, 0.1) is 5.41 Å². The second-order valence-electron chi connectivity index (χ2n) is 4.84. The lowest BCUT2D eigenvalue weighted by Gasteiger charge is -2.20. The van der Waals surface area contributed by atoms with Crippen LogP contribution in [-0.2, 0) is 11.2 Å². The van der Waals surface area contributed by atoms with E-state index in [-0.39, 0.29) is 5.41 Å². The van der Waals surface area contributed by atoms with Gasteiger partial charge in [-0.15, -0.1) is 0 Å². The molecule has 2 heteroatoms. The van der Waals surface area contributed by atoms with Gasteiger partial charge in [-0.25, -0.2) is 0 Å². The fourth-order valence-corrected chi connectivity index (χ4v) is 1.51. The van der Waals surface area contributed by atoms with Crippen LogP contribution in [0.1, 0.15) is 45.7 Å². The summed E-state index contributed by atoms with van der Waals surface area (Å²) in [5, 5.41) is 0. The minimum Gasteiger partial charge on any atom is -0.299 e. The minimum atomic E-state index is -0.163. The van der Waals surface area contributed by atoms with E-state index in [9.17, 15) is 4.79 Å². The molecule has 16 heavy (non-hydrogen) atoms. The largest absolute Gasteiger partial charge is 0.299 e. The average Bonchev–Trinajstić information content (AvgIpc) is 2.30. The lowest BCUT2D eigenvalue weighted by atomic mass is 9.83. The smallest absolute Gasteiger partial charge is 0.138 e. The molecular weight excluding hydrogens is 198 g/mol. The van der Waals surface area contributed by atoms with Crippen molar-refractivity contribution in [3.63, 3.8) is 0 Å². The standard InChI is InChI=1S/C14H21NO/c1-4-14(2,3)13(16)10-7-9-12-8-5-6-11-15-12/h5-6,8,11H,4,7,9-10H2,1-3H3. The van der Waals surface area contributed by atoms with Gasteiger partial charge in [0.15, 0.2) is 0 Å². The van der Waals surface area contributed by atoms with E-state index >= 15 is 0 Å². The summed E-state index contributed by atoms with van der Waals surface area (Å²) >= 11 is 0. The molecule has 0 amide bonds. The van der Waals surface area contributed by atoms with E-state index in [0.717, 1.165) is 25.0 Å². The van der Waals surface area contributed by atoms with Crippen molar-refractivity contribution in [2.75, 3.05) is 0 Å². The first-order chi connectivity index (χ1) is 7.56. The number of Topliss-reactive ketones (excluding diaryl/α,β-unsaturated/α-hetero) is 1. The Morgan fingerprint density at radius 2 is 2.12 bits per heavy atom. The number of carbonyl (C=O) groups excluding carboxylic acids is 1. The Balaban J connectivity index is 2.34. The summed E-state index contributed by atoms with van der Waals surface area (Å²) in [5.74, 6) is 0.367. The molecule has 1 heterocycles. The van der Waals surface area contributed by atoms with Crippen molar-refractivity contribution in [3.8, 4) is 0 Å². The molecule has 0 aliphatic rings. The molecule has 0 saturated carbocycles. The zero-order valence-corrected chi connectivity index (χ0v) is 10.5. The van der Waals surface area contributed by atoms with E-state index in [0.29, 0.717) is 12.2 Å². The number of aromatic nitrogens is 1. The Hall–Kier alpha value is -1.18. The molecule has 0 aliphatic heterocycles. The Kier molecular flexibility index (Phi) is 4.66. The Morgan fingerprint density at radius 1 is 1.38 bits per heavy atom. The fraction of sp³-hybridized carbons (Fsp3) is 0.571. The number of nitrogens with zero attached hydrogens (tertiary/aromatic N) is 1. The van der Waals surface area contributed by atoms with Gasteiger partial charge in [0.05, 0.1) is 0 Å². The molecule has 1 aromatic rings. The molecule has 0 saturated heterocycles. The van der Waals surface area contributed by atoms with Gasteiger partial charge in [0.1, 0.15) is 5.78 Å². The highest BCUT2D eigenvalue weighted by atomic mass is 16.1. The summed E-state index contributed by atoms with van der Waals surface area (Å²) in [4.78, 5) is 16.1. The van der Waals surface area contributed by atoms with E-state index in [4.69, 9.17) is 0 Å². The number of ketones is 1. The molecular formula is C14H21NO. The van der Waals surface area contributed by atoms with Crippen molar-refractivity contribution in [3.05, 3.63) is 30.1 Å². The normalized spacial score (nSPS) is 11.4. The SMILES string of the molecule is CCC(C)(C)C(=O)CCCc1ccccn1. The highest BCUT2D eigenvalue weighted by Crippen LogP contribution is 2.23. The van der Waals surface area contributed by atoms with Gasteiger partial charge in [-0.2, -0.15) is 0 Å². The number of aryl methyl sites for hydroxylation is 1. The number of pyridine rings is 1. The molecule has 88 valence electrons. The number of carbonyl (C=O) groups is 1. The zero-order valence-electron chi connectivity index (χ0n) is 10.5. The van der Waals surface area contributed by atoms with Crippen molar-refractivity contribution in [1.82, 2.24) is 4.98 Å². The molecule has 0 spiro atoms. The second-order valence-corrected chi connectivity index (χ2v) is 4.84. The molecule has 0 atom stereocenters. The lowest BCUT2D eigenvalue weighted by molar-refractivity contribution is -0.127. The summed E-state index contributed by atoms with van der Waals surface area (Å²) in [6.45, 7) is 6.11. The highest BCUT2D eigenvalue weighted by molar-refractivity contribution is 5.83. The number of hydrogen-bond donors (Lipinski definition) is 0. The highest BCUT2D eigenvalue weighted by Gasteiger charge is 2.23. The molecule has 2 nitrogen and oxygen atoms in total. The molecule has 0 fully saturated rings. The van der Waals surface area contributed by atoms with Gasteiger partial charge < -0.3 is 0 Å². The van der Waals surface area contributed by atoms with Crippen molar-refractivity contribution in [1.29, 1.82) is 0 Å². The van der Waals surface area contributed by atoms with Gasteiger partial charge in [0.25, 0.3) is 0 Å². The van der Waals surface area contributed by atoms with Crippen LogP contribution in [0.4, 0.5) is 0 Å². The molecule has 1 aromatic heterocycles. The zero-order chi connectivity index (χ0) is 12.0. The Labute approximate surface area is 98.1 Å². The van der Waals surface area contributed by atoms with Gasteiger partial charge in [0.2, 0.25) is 0 Å². The van der Waals surface area contributed by atoms with Crippen molar-refractivity contribution in [2.45, 2.75) is 46.5 Å². The van der Waals surface area contributed by atoms with Crippen LogP contribution in [0.25, 0.3) is 0 Å². The van der Waals surface area contributed by atoms with Crippen LogP contribution in [0.2, 0.25) is 0 Å². The van der Waals surface area contributed by atoms with Crippen LogP contribution in [0.3, 0.4) is 0 Å². The minimum absolute atomic E-state index is 0.163. The van der Waals surface area contributed by atoms with E-state index in [1.54, 1.807) is 6.20 Å². The molecule has 0 bridgehead atoms. The summed E-state index contributed by atoms with van der Waals surface area (Å²) in [5.41, 5.74) is 0.911. The van der Waals surface area contributed by atoms with Crippen molar-refractivity contribution < 1.29 is 4.79 Å². The van der Waals surface area contributed by atoms with Gasteiger partial charge in [0, 0.05) is 23.7 Å². The molecule has 0 unspecified atom stereocenters. The predicted molar refractivity (Wildman–Crippen MR) is 66.3 cm³/mol. The molecule has 0 aromatic carbocycles. The van der Waals surface area contributed by atoms with Crippen LogP contribution in [-0.4, -0.2) is 10.8 Å². The Bertz CT molecular complexity index is 330. The first kappa shape index (κ1) is 12.9. The summed E-state index contributed by atoms with van der Waals surface area (Å²) in [6, 6.07) is 5.91. The third-order valence-corrected chi connectivity index (χ3v) is 3.20. The maximum Gasteiger partial charge on any atom is 0.138 e. The predicted octanol–water partition coefficient (Wildman–Crippen LogP) is 3.41. The first-order valence-electron chi connectivity index (χ1n) is 5.99. The van der Waals surface area contributed by atoms with Crippen LogP contribution in [0.15, 0.2) is 24.4 Å². The number of hydrogen-bond acceptors (Lipinski definition) is 2. The summed E-state index contributed by atoms with van der Waals surface area (Å²) in [7, 11) is 0. The molecule has 0 aliphatic carbocycles. The maximum atomic E-state index is 11.9. The molecule has 0 radical (unpaired) electrons. The van der Waals surface area contributed by atoms with E-state index in [1.807, 2.05) is 32.0 Å². The topological polar surface area (TPSA) is 30.0 Å². The van der Waals surface area contributed by atoms with Crippen molar-refractivity contribution >= 4 is 5.78 Å². The van der Waals surface area contributed by atoms with Gasteiger partial charge in [-0.3, -0.25) is 9.78 Å². The third-order valence-electron chi connectivity index (χ3n) is 3.20. The molecule has 0 N–H and O–H groups in total. The molecule has 1 rings (SSSR count). The summed E-state index contributed by atoms with van der Waals surface area (Å²) in [6.07, 6.45) is 5.17. The van der Waals surface area contributed by atoms with E-state index in [2.05, 4.69) is 11.9 Å². The maximum absolute atomic E-state index is 11.9. The first-order valence-corrected chi connectivity index (χ1v) is 5.99. The Morgan fingerprint density at radius 3 is 2.69 bits per heavy atom. The van der Waals surface area contributed by atoms with E-state index < -0.39 is 0 Å². The quantitative estimate of drug-likeness (QED) is 0.734. The van der Waals surface area contributed by atoms with Crippen molar-refractivity contribution in [2.24, 2.45) is 5.41 Å². The van der Waals surface area contributed by atoms with Gasteiger partial charge >= 0.3 is 0 Å². The van der Waals surface area contributed by atoms with Gasteiger partial charge in [-0.1, -0.05) is 26.8 Å². The van der Waals surface area contributed by atoms with Crippen LogP contribution in [0.5, 0.6) is 0 Å². The lowest BCUT2D eigenvalue weighted by Crippen LogP contribution is -2.23. The average molecular weight is 219 g/mol. The van der Waals surface area contributed by atoms with Crippen LogP contribution >= 0.6 is 0 Å². The third kappa shape index (κ3) is 3.76. The van der Waals surface area contributed by atoms with Gasteiger partial charge in [-0.05, 0) is 31.4 Å². The summed E-state index contributed by atoms with van der Waals surface area (Å²) < 4.78 is 0. The second kappa shape index (κ2) is 5.78. The van der Waals surface area contributed by atoms with Crippen LogP contribution < -0.4 is 0 Å². The van der Waals surface area contributed by atoms with E-state index in [1.165, 1.54) is 0 Å². The monoisotopic (exact) mass is 219 g/mol.